The number of nitrogens with zero attached hydrogens (tertiary/aromatic N) is 5. The monoisotopic (exact) mass is 593 g/mol. The number of amides is 2. The highest BCUT2D eigenvalue weighted by Gasteiger charge is 2.32. The second-order valence-corrected chi connectivity index (χ2v) is 10.8. The molecule has 2 N–H and O–H groups in total. The van der Waals surface area contributed by atoms with E-state index >= 15 is 0 Å². The summed E-state index contributed by atoms with van der Waals surface area (Å²) >= 11 is 12.2. The number of carbonyl (C=O) groups excluding carboxylic acids is 2. The van der Waals surface area contributed by atoms with Crippen molar-refractivity contribution in [3.8, 4) is 5.69 Å². The summed E-state index contributed by atoms with van der Waals surface area (Å²) in [6.45, 7) is 4.00. The van der Waals surface area contributed by atoms with Gasteiger partial charge >= 0.3 is 0 Å². The van der Waals surface area contributed by atoms with Crippen LogP contribution in [0.1, 0.15) is 57.6 Å². The number of aryl methyl sites for hydroxylation is 1. The highest BCUT2D eigenvalue weighted by molar-refractivity contribution is 6.42. The second kappa shape index (κ2) is 11.4. The fraction of sp³-hybridized carbons (Fsp3) is 0.276. The predicted octanol–water partition coefficient (Wildman–Crippen LogP) is 4.39. The summed E-state index contributed by atoms with van der Waals surface area (Å²) in [5.74, 6) is -0.141. The van der Waals surface area contributed by atoms with Gasteiger partial charge in [-0.25, -0.2) is 9.55 Å². The van der Waals surface area contributed by atoms with Crippen LogP contribution in [0.2, 0.25) is 10.0 Å². The lowest BCUT2D eigenvalue weighted by atomic mass is 9.98. The molecule has 0 saturated heterocycles. The number of rotatable bonds is 6. The molecule has 12 heteroatoms. The van der Waals surface area contributed by atoms with E-state index in [4.69, 9.17) is 28.2 Å². The standard InChI is InChI=1S/C29H29Cl2N7O3/c1-16-13-21-24(15-37(16)27(40)19-7-10-22(30)23(31)14-19)35-29(34-17(2)25-11-12-33-36(25)4)38(28(21)41)20-8-5-18(6-9-20)26(39)32-3/h5-12,14,16-17H,13,15H2,1-4H3,(H,32,39)(H,34,35)/t16-,17+/m1/s1. The second-order valence-electron chi connectivity index (χ2n) is 9.99. The molecule has 2 aromatic heterocycles. The van der Waals surface area contributed by atoms with Gasteiger partial charge in [0.25, 0.3) is 17.4 Å². The van der Waals surface area contributed by atoms with Crippen molar-refractivity contribution in [1.29, 1.82) is 0 Å². The zero-order valence-electron chi connectivity index (χ0n) is 23.0. The van der Waals surface area contributed by atoms with Gasteiger partial charge in [0, 0.05) is 43.0 Å². The fourth-order valence-electron chi connectivity index (χ4n) is 5.04. The SMILES string of the molecule is CNC(=O)c1ccc(-n2c(N[C@@H](C)c3ccnn3C)nc3c(c2=O)C[C@@H](C)N(C(=O)c2ccc(Cl)c(Cl)c2)C3)cc1. The third kappa shape index (κ3) is 5.45. The van der Waals surface area contributed by atoms with E-state index in [2.05, 4.69) is 15.7 Å². The Balaban J connectivity index is 1.58. The van der Waals surface area contributed by atoms with E-state index in [0.717, 1.165) is 5.69 Å². The van der Waals surface area contributed by atoms with Crippen LogP contribution >= 0.6 is 23.2 Å². The fourth-order valence-corrected chi connectivity index (χ4v) is 5.34. The highest BCUT2D eigenvalue weighted by atomic mass is 35.5. The molecule has 2 atom stereocenters. The van der Waals surface area contributed by atoms with Gasteiger partial charge in [0.05, 0.1) is 39.7 Å². The summed E-state index contributed by atoms with van der Waals surface area (Å²) in [7, 11) is 3.40. The molecule has 212 valence electrons. The van der Waals surface area contributed by atoms with E-state index in [0.29, 0.717) is 50.5 Å². The lowest BCUT2D eigenvalue weighted by molar-refractivity contribution is 0.0653. The number of aromatic nitrogens is 4. The summed E-state index contributed by atoms with van der Waals surface area (Å²) < 4.78 is 3.26. The Morgan fingerprint density at radius 3 is 2.39 bits per heavy atom. The molecule has 2 aromatic carbocycles. The van der Waals surface area contributed by atoms with Crippen molar-refractivity contribution in [3.05, 3.63) is 103 Å². The maximum atomic E-state index is 14.1. The van der Waals surface area contributed by atoms with Crippen molar-refractivity contribution >= 4 is 41.0 Å². The first kappa shape index (κ1) is 28.4. The molecule has 0 unspecified atom stereocenters. The average molecular weight is 595 g/mol. The van der Waals surface area contributed by atoms with Crippen LogP contribution in [0.15, 0.2) is 59.5 Å². The molecular weight excluding hydrogens is 565 g/mol. The Labute approximate surface area is 246 Å². The molecule has 0 aliphatic carbocycles. The zero-order chi connectivity index (χ0) is 29.4. The minimum atomic E-state index is -0.268. The molecule has 2 amide bonds. The van der Waals surface area contributed by atoms with Gasteiger partial charge in [0.1, 0.15) is 0 Å². The lowest BCUT2D eigenvalue weighted by Crippen LogP contribution is -2.46. The van der Waals surface area contributed by atoms with Crippen LogP contribution in [-0.2, 0) is 20.0 Å². The Morgan fingerprint density at radius 1 is 1.05 bits per heavy atom. The smallest absolute Gasteiger partial charge is 0.263 e. The van der Waals surface area contributed by atoms with Gasteiger partial charge in [-0.1, -0.05) is 23.2 Å². The minimum absolute atomic E-state index is 0.149. The van der Waals surface area contributed by atoms with Gasteiger partial charge in [-0.15, -0.1) is 0 Å². The van der Waals surface area contributed by atoms with Gasteiger partial charge in [0.15, 0.2) is 0 Å². The maximum Gasteiger partial charge on any atom is 0.263 e. The van der Waals surface area contributed by atoms with E-state index in [-0.39, 0.29) is 36.0 Å². The Morgan fingerprint density at radius 2 is 1.76 bits per heavy atom. The molecule has 5 rings (SSSR count). The molecule has 0 radical (unpaired) electrons. The van der Waals surface area contributed by atoms with Crippen molar-refractivity contribution in [3.63, 3.8) is 0 Å². The largest absolute Gasteiger partial charge is 0.355 e. The summed E-state index contributed by atoms with van der Waals surface area (Å²) in [6, 6.07) is 12.9. The molecule has 0 spiro atoms. The van der Waals surface area contributed by atoms with Crippen LogP contribution in [-0.4, -0.2) is 49.1 Å². The summed E-state index contributed by atoms with van der Waals surface area (Å²) in [5.41, 5.74) is 3.13. The molecule has 0 fully saturated rings. The van der Waals surface area contributed by atoms with E-state index in [9.17, 15) is 14.4 Å². The molecule has 4 aromatic rings. The number of benzene rings is 2. The van der Waals surface area contributed by atoms with Crippen molar-refractivity contribution in [2.75, 3.05) is 12.4 Å². The molecular formula is C29H29Cl2N7O3. The summed E-state index contributed by atoms with van der Waals surface area (Å²) in [6.07, 6.45) is 2.02. The Kier molecular flexibility index (Phi) is 7.88. The van der Waals surface area contributed by atoms with E-state index in [1.165, 1.54) is 4.57 Å². The van der Waals surface area contributed by atoms with Crippen molar-refractivity contribution < 1.29 is 9.59 Å². The Bertz CT molecular complexity index is 1700. The topological polar surface area (TPSA) is 114 Å². The average Bonchev–Trinajstić information content (AvgIpc) is 3.40. The van der Waals surface area contributed by atoms with Crippen LogP contribution < -0.4 is 16.2 Å². The molecule has 3 heterocycles. The van der Waals surface area contributed by atoms with Crippen LogP contribution in [0.5, 0.6) is 0 Å². The molecule has 41 heavy (non-hydrogen) atoms. The van der Waals surface area contributed by atoms with Gasteiger partial charge in [-0.2, -0.15) is 5.10 Å². The van der Waals surface area contributed by atoms with Gasteiger partial charge in [0.2, 0.25) is 5.95 Å². The minimum Gasteiger partial charge on any atom is -0.355 e. The maximum absolute atomic E-state index is 14.1. The molecule has 10 nitrogen and oxygen atoms in total. The van der Waals surface area contributed by atoms with Gasteiger partial charge < -0.3 is 15.5 Å². The normalized spacial score (nSPS) is 15.3. The van der Waals surface area contributed by atoms with Crippen molar-refractivity contribution in [2.24, 2.45) is 7.05 Å². The first-order valence-electron chi connectivity index (χ1n) is 13.1. The highest BCUT2D eigenvalue weighted by Crippen LogP contribution is 2.28. The number of hydrogen-bond donors (Lipinski definition) is 2. The first-order chi connectivity index (χ1) is 19.6. The van der Waals surface area contributed by atoms with Crippen LogP contribution in [0.3, 0.4) is 0 Å². The number of carbonyl (C=O) groups is 2. The quantitative estimate of drug-likeness (QED) is 0.342. The number of hydrogen-bond acceptors (Lipinski definition) is 6. The van der Waals surface area contributed by atoms with Crippen LogP contribution in [0.4, 0.5) is 5.95 Å². The predicted molar refractivity (Wildman–Crippen MR) is 158 cm³/mol. The zero-order valence-corrected chi connectivity index (χ0v) is 24.5. The van der Waals surface area contributed by atoms with Gasteiger partial charge in [-0.3, -0.25) is 19.1 Å². The van der Waals surface area contributed by atoms with E-state index in [1.807, 2.05) is 27.0 Å². The molecule has 1 aliphatic heterocycles. The summed E-state index contributed by atoms with van der Waals surface area (Å²) in [5, 5.41) is 10.9. The number of fused-ring (bicyclic) bond motifs is 1. The third-order valence-electron chi connectivity index (χ3n) is 7.30. The first-order valence-corrected chi connectivity index (χ1v) is 13.8. The number of nitrogens with one attached hydrogen (secondary N) is 2. The van der Waals surface area contributed by atoms with Gasteiger partial charge in [-0.05, 0) is 68.8 Å². The molecule has 0 saturated carbocycles. The third-order valence-corrected chi connectivity index (χ3v) is 8.04. The van der Waals surface area contributed by atoms with Crippen molar-refractivity contribution in [1.82, 2.24) is 29.5 Å². The van der Waals surface area contributed by atoms with Crippen LogP contribution in [0.25, 0.3) is 5.69 Å². The lowest BCUT2D eigenvalue weighted by Gasteiger charge is -2.35. The number of halogens is 2. The Hall–Kier alpha value is -4.15. The van der Waals surface area contributed by atoms with E-state index < -0.39 is 0 Å². The molecule has 0 bridgehead atoms. The summed E-state index contributed by atoms with van der Waals surface area (Å²) in [4.78, 5) is 46.2. The van der Waals surface area contributed by atoms with Crippen LogP contribution in [0, 0.1) is 0 Å². The van der Waals surface area contributed by atoms with E-state index in [1.54, 1.807) is 65.3 Å². The molecule has 1 aliphatic rings. The van der Waals surface area contributed by atoms with Crippen molar-refractivity contribution in [2.45, 2.75) is 38.9 Å². The number of anilines is 1.